The summed E-state index contributed by atoms with van der Waals surface area (Å²) in [6, 6.07) is 31.4. The first-order chi connectivity index (χ1) is 36.4. The molecular weight excluding hydrogens is 1070 g/mol. The van der Waals surface area contributed by atoms with Gasteiger partial charge in [0, 0.05) is 91.2 Å². The number of nitrogens with one attached hydrogen (secondary N) is 2. The molecular formula is C56H43Cl2N5O10S3. The second kappa shape index (κ2) is 25.2. The summed E-state index contributed by atoms with van der Waals surface area (Å²) in [7, 11) is 1.52. The third kappa shape index (κ3) is 13.9. The second-order valence-electron chi connectivity index (χ2n) is 16.5. The minimum absolute atomic E-state index is 0.0142. The standard InChI is InChI=1S/C20H17NO4S.2C18H13ClN2O3S/c1-12-4-3-5-13(8-12)16(22)9-17-19(20(23)24)15(11-26-17)14-6-7-18(25-2)21-10-14;1-10-2-4-11(5-3-10)16(22)21-17-15(18(23)24)13(9-25-17)14-7-6-12(19)8-20-14;1-10-3-2-4-11(7-10)16(22)21-17-15(18(23)24)13(9-25-17)12-5-6-14(19)20-8-12/h3-8,10-11H,9H2,1-2H3,(H,23,24);2*2-9H,1H3,(H,21,22)(H,23,24). The number of anilines is 2. The number of aryl methyl sites for hydroxylation is 3. The number of hydrogen-bond donors (Lipinski definition) is 5. The topological polar surface area (TPSA) is 235 Å². The lowest BCUT2D eigenvalue weighted by molar-refractivity contribution is 0.0686. The van der Waals surface area contributed by atoms with Crippen molar-refractivity contribution in [3.05, 3.63) is 209 Å². The third-order valence-corrected chi connectivity index (χ3v) is 14.3. The number of thiophene rings is 3. The van der Waals surface area contributed by atoms with Gasteiger partial charge in [-0.1, -0.05) is 82.4 Å². The monoisotopic (exact) mass is 1110 g/mol. The van der Waals surface area contributed by atoms with Crippen LogP contribution in [0, 0.1) is 20.8 Å². The lowest BCUT2D eigenvalue weighted by Gasteiger charge is -2.06. The minimum atomic E-state index is -1.13. The predicted octanol–water partition coefficient (Wildman–Crippen LogP) is 13.7. The van der Waals surface area contributed by atoms with E-state index in [1.807, 2.05) is 57.2 Å². The molecule has 76 heavy (non-hydrogen) atoms. The summed E-state index contributed by atoms with van der Waals surface area (Å²) in [5.41, 5.74) is 7.96. The Bertz CT molecular complexity index is 3600. The van der Waals surface area contributed by atoms with Gasteiger partial charge >= 0.3 is 17.9 Å². The maximum absolute atomic E-state index is 12.6. The molecule has 0 saturated heterocycles. The van der Waals surface area contributed by atoms with Gasteiger partial charge in [-0.05, 0) is 86.8 Å². The number of rotatable bonds is 14. The highest BCUT2D eigenvalue weighted by Crippen LogP contribution is 2.38. The number of aromatic carboxylic acids is 3. The Hall–Kier alpha value is -8.39. The summed E-state index contributed by atoms with van der Waals surface area (Å²) in [6.07, 6.45) is 4.58. The van der Waals surface area contributed by atoms with Crippen molar-refractivity contribution in [3.8, 4) is 39.4 Å². The van der Waals surface area contributed by atoms with Crippen molar-refractivity contribution in [2.24, 2.45) is 0 Å². The fraction of sp³-hybridized carbons (Fsp3) is 0.0893. The number of carboxylic acids is 3. The van der Waals surface area contributed by atoms with Gasteiger partial charge in [0.2, 0.25) is 5.88 Å². The van der Waals surface area contributed by atoms with Gasteiger partial charge in [-0.25, -0.2) is 24.4 Å². The number of amides is 2. The molecule has 20 heteroatoms. The average Bonchev–Trinajstić information content (AvgIpc) is 4.16. The fourth-order valence-corrected chi connectivity index (χ4v) is 10.5. The first kappa shape index (κ1) is 55.4. The quantitative estimate of drug-likeness (QED) is 0.0504. The molecule has 0 spiro atoms. The number of Topliss-reactive ketones (excluding diaryl/α,β-unsaturated/α-hetero) is 1. The Kier molecular flexibility index (Phi) is 18.4. The highest BCUT2D eigenvalue weighted by atomic mass is 35.5. The van der Waals surface area contributed by atoms with Crippen molar-refractivity contribution in [2.75, 3.05) is 17.7 Å². The molecule has 3 aromatic carbocycles. The Labute approximate surface area is 457 Å². The number of methoxy groups -OCH3 is 1. The lowest BCUT2D eigenvalue weighted by Crippen LogP contribution is -2.13. The summed E-state index contributed by atoms with van der Waals surface area (Å²) in [5, 5.41) is 40.6. The highest BCUT2D eigenvalue weighted by molar-refractivity contribution is 7.15. The SMILES string of the molecule is COc1ccc(-c2csc(CC(=O)c3cccc(C)c3)c2C(=O)O)cn1.Cc1ccc(C(=O)Nc2scc(-c3ccc(Cl)cn3)c2C(=O)O)cc1.Cc1cccc(C(=O)Nc2scc(-c3ccc(Cl)nc3)c2C(=O)O)c1. The van der Waals surface area contributed by atoms with E-state index in [-0.39, 0.29) is 50.7 Å². The normalized spacial score (nSPS) is 10.5. The molecule has 0 unspecified atom stereocenters. The fourth-order valence-electron chi connectivity index (χ4n) is 7.34. The number of carboxylic acid groups (broad SMARTS) is 3. The number of aromatic nitrogens is 3. The average molecular weight is 1110 g/mol. The van der Waals surface area contributed by atoms with E-state index in [0.717, 1.165) is 39.4 Å². The van der Waals surface area contributed by atoms with Crippen LogP contribution in [0.1, 0.15) is 83.7 Å². The van der Waals surface area contributed by atoms with Crippen molar-refractivity contribution in [1.82, 2.24) is 15.0 Å². The molecule has 15 nitrogen and oxygen atoms in total. The molecule has 0 atom stereocenters. The number of ketones is 1. The third-order valence-electron chi connectivity index (χ3n) is 11.1. The molecule has 0 aliphatic rings. The largest absolute Gasteiger partial charge is 0.481 e. The molecule has 0 radical (unpaired) electrons. The maximum atomic E-state index is 12.6. The number of carbonyl (C=O) groups is 6. The van der Waals surface area contributed by atoms with Gasteiger partial charge in [0.1, 0.15) is 26.3 Å². The number of benzene rings is 3. The highest BCUT2D eigenvalue weighted by Gasteiger charge is 2.25. The van der Waals surface area contributed by atoms with Crippen LogP contribution in [0.2, 0.25) is 10.2 Å². The van der Waals surface area contributed by atoms with Crippen molar-refractivity contribution < 1.29 is 48.8 Å². The zero-order valence-corrected chi connectivity index (χ0v) is 44.5. The predicted molar refractivity (Wildman–Crippen MR) is 298 cm³/mol. The van der Waals surface area contributed by atoms with Crippen LogP contribution in [0.15, 0.2) is 144 Å². The van der Waals surface area contributed by atoms with Crippen molar-refractivity contribution >= 4 is 103 Å². The number of carbonyl (C=O) groups excluding carboxylic acids is 3. The van der Waals surface area contributed by atoms with Crippen LogP contribution in [-0.2, 0) is 6.42 Å². The first-order valence-electron chi connectivity index (χ1n) is 22.5. The summed E-state index contributed by atoms with van der Waals surface area (Å²) in [4.78, 5) is 85.4. The molecule has 9 rings (SSSR count). The van der Waals surface area contributed by atoms with Crippen molar-refractivity contribution in [3.63, 3.8) is 0 Å². The number of nitrogens with zero attached hydrogens (tertiary/aromatic N) is 3. The van der Waals surface area contributed by atoms with Crippen LogP contribution >= 0.6 is 57.2 Å². The van der Waals surface area contributed by atoms with E-state index in [1.54, 1.807) is 95.1 Å². The van der Waals surface area contributed by atoms with E-state index in [1.165, 1.54) is 30.8 Å². The van der Waals surface area contributed by atoms with Gasteiger partial charge < -0.3 is 30.7 Å². The zero-order valence-electron chi connectivity index (χ0n) is 40.6. The van der Waals surface area contributed by atoms with E-state index in [0.29, 0.717) is 71.1 Å². The van der Waals surface area contributed by atoms with Crippen LogP contribution in [0.25, 0.3) is 33.5 Å². The Balaban J connectivity index is 0.000000166. The van der Waals surface area contributed by atoms with E-state index in [4.69, 9.17) is 27.9 Å². The summed E-state index contributed by atoms with van der Waals surface area (Å²) in [5.74, 6) is -3.66. The molecule has 384 valence electrons. The molecule has 2 amide bonds. The molecule has 5 N–H and O–H groups in total. The Morgan fingerprint density at radius 2 is 1.08 bits per heavy atom. The summed E-state index contributed by atoms with van der Waals surface area (Å²) >= 11 is 15.2. The van der Waals surface area contributed by atoms with E-state index in [2.05, 4.69) is 25.6 Å². The molecule has 0 fully saturated rings. The van der Waals surface area contributed by atoms with Crippen LogP contribution in [0.4, 0.5) is 10.0 Å². The summed E-state index contributed by atoms with van der Waals surface area (Å²) < 4.78 is 5.03. The molecule has 0 saturated carbocycles. The lowest BCUT2D eigenvalue weighted by atomic mass is 10.00. The van der Waals surface area contributed by atoms with Crippen molar-refractivity contribution in [1.29, 1.82) is 0 Å². The molecule has 6 aromatic heterocycles. The maximum Gasteiger partial charge on any atom is 0.339 e. The molecule has 9 aromatic rings. The van der Waals surface area contributed by atoms with E-state index >= 15 is 0 Å². The van der Waals surface area contributed by atoms with Gasteiger partial charge in [-0.2, -0.15) is 0 Å². The minimum Gasteiger partial charge on any atom is -0.481 e. The first-order valence-corrected chi connectivity index (χ1v) is 25.9. The molecule has 0 bridgehead atoms. The second-order valence-corrected chi connectivity index (χ2v) is 20.1. The molecule has 6 heterocycles. The smallest absolute Gasteiger partial charge is 0.339 e. The van der Waals surface area contributed by atoms with Gasteiger partial charge in [0.05, 0.1) is 23.4 Å². The Morgan fingerprint density at radius 1 is 0.539 bits per heavy atom. The van der Waals surface area contributed by atoms with Gasteiger partial charge in [0.25, 0.3) is 11.8 Å². The van der Waals surface area contributed by atoms with Crippen molar-refractivity contribution in [2.45, 2.75) is 27.2 Å². The van der Waals surface area contributed by atoms with Crippen LogP contribution in [0.5, 0.6) is 5.88 Å². The summed E-state index contributed by atoms with van der Waals surface area (Å²) in [6.45, 7) is 5.73. The number of hydrogen-bond acceptors (Lipinski definition) is 13. The van der Waals surface area contributed by atoms with E-state index in [9.17, 15) is 44.1 Å². The zero-order chi connectivity index (χ0) is 54.6. The number of halogens is 2. The Morgan fingerprint density at radius 3 is 1.62 bits per heavy atom. The van der Waals surface area contributed by atoms with Crippen LogP contribution in [0.3, 0.4) is 0 Å². The van der Waals surface area contributed by atoms with Gasteiger partial charge in [0.15, 0.2) is 5.78 Å². The number of ether oxygens (including phenoxy) is 1. The molecule has 0 aliphatic heterocycles. The van der Waals surface area contributed by atoms with Gasteiger partial charge in [-0.15, -0.1) is 34.0 Å². The van der Waals surface area contributed by atoms with E-state index < -0.39 is 17.9 Å². The van der Waals surface area contributed by atoms with Crippen LogP contribution in [-0.4, -0.2) is 72.9 Å². The van der Waals surface area contributed by atoms with Crippen LogP contribution < -0.4 is 15.4 Å². The number of pyridine rings is 3. The molecule has 0 aliphatic carbocycles. The van der Waals surface area contributed by atoms with Gasteiger partial charge in [-0.3, -0.25) is 19.4 Å².